The zero-order valence-electron chi connectivity index (χ0n) is 12.1. The first-order valence-electron chi connectivity index (χ1n) is 7.35. The zero-order chi connectivity index (χ0) is 16.0. The predicted octanol–water partition coefficient (Wildman–Crippen LogP) is 2.04. The van der Waals surface area contributed by atoms with E-state index in [2.05, 4.69) is 10.6 Å². The van der Waals surface area contributed by atoms with E-state index in [4.69, 9.17) is 4.74 Å². The third-order valence-electron chi connectivity index (χ3n) is 4.08. The second kappa shape index (κ2) is 5.01. The van der Waals surface area contributed by atoms with E-state index in [0.717, 1.165) is 18.4 Å². The minimum absolute atomic E-state index is 0.148. The van der Waals surface area contributed by atoms with Crippen molar-refractivity contribution in [3.63, 3.8) is 0 Å². The smallest absolute Gasteiger partial charge is 0.261 e. The van der Waals surface area contributed by atoms with Gasteiger partial charge in [0.2, 0.25) is 0 Å². The molecule has 2 aromatic rings. The van der Waals surface area contributed by atoms with Gasteiger partial charge in [-0.25, -0.2) is 0 Å². The number of phenols is 1. The number of anilines is 1. The van der Waals surface area contributed by atoms with Gasteiger partial charge in [-0.15, -0.1) is 0 Å². The van der Waals surface area contributed by atoms with Gasteiger partial charge in [-0.2, -0.15) is 0 Å². The van der Waals surface area contributed by atoms with Crippen LogP contribution in [0.1, 0.15) is 32.7 Å². The first-order chi connectivity index (χ1) is 11.1. The Morgan fingerprint density at radius 2 is 2.04 bits per heavy atom. The molecule has 2 aromatic carbocycles. The third kappa shape index (κ3) is 2.28. The predicted molar refractivity (Wildman–Crippen MR) is 82.7 cm³/mol. The molecule has 6 heteroatoms. The SMILES string of the molecule is O=C1NC(=O)c2c(NC3CCc4ccc(O)cc4O3)cccc21. The van der Waals surface area contributed by atoms with Crippen LogP contribution < -0.4 is 15.4 Å². The molecule has 2 aliphatic heterocycles. The number of hydrogen-bond acceptors (Lipinski definition) is 5. The number of amides is 2. The van der Waals surface area contributed by atoms with E-state index in [1.54, 1.807) is 30.3 Å². The molecule has 1 atom stereocenters. The highest BCUT2D eigenvalue weighted by atomic mass is 16.5. The number of carbonyl (C=O) groups is 2. The van der Waals surface area contributed by atoms with Crippen molar-refractivity contribution < 1.29 is 19.4 Å². The molecule has 0 saturated carbocycles. The van der Waals surface area contributed by atoms with Gasteiger partial charge in [0.15, 0.2) is 6.23 Å². The summed E-state index contributed by atoms with van der Waals surface area (Å²) in [6.45, 7) is 0. The number of imide groups is 1. The summed E-state index contributed by atoms with van der Waals surface area (Å²) < 4.78 is 5.85. The zero-order valence-corrected chi connectivity index (χ0v) is 12.1. The van der Waals surface area contributed by atoms with Gasteiger partial charge in [-0.1, -0.05) is 12.1 Å². The molecule has 23 heavy (non-hydrogen) atoms. The molecule has 2 amide bonds. The Balaban J connectivity index is 1.61. The summed E-state index contributed by atoms with van der Waals surface area (Å²) in [6, 6.07) is 10.1. The van der Waals surface area contributed by atoms with E-state index in [1.165, 1.54) is 0 Å². The van der Waals surface area contributed by atoms with Crippen LogP contribution in [-0.4, -0.2) is 23.1 Å². The second-order valence-electron chi connectivity index (χ2n) is 5.59. The van der Waals surface area contributed by atoms with E-state index in [-0.39, 0.29) is 17.9 Å². The number of aromatic hydroxyl groups is 1. The molecule has 6 nitrogen and oxygen atoms in total. The van der Waals surface area contributed by atoms with Crippen molar-refractivity contribution in [2.24, 2.45) is 0 Å². The van der Waals surface area contributed by atoms with Gasteiger partial charge in [0.05, 0.1) is 16.8 Å². The Hall–Kier alpha value is -3.02. The normalized spacial score (nSPS) is 18.7. The van der Waals surface area contributed by atoms with Crippen LogP contribution in [0.25, 0.3) is 0 Å². The molecule has 0 aromatic heterocycles. The molecule has 116 valence electrons. The average Bonchev–Trinajstić information content (AvgIpc) is 2.83. The van der Waals surface area contributed by atoms with E-state index in [9.17, 15) is 14.7 Å². The molecule has 3 N–H and O–H groups in total. The van der Waals surface area contributed by atoms with Crippen molar-refractivity contribution in [1.29, 1.82) is 0 Å². The van der Waals surface area contributed by atoms with Crippen molar-refractivity contribution >= 4 is 17.5 Å². The monoisotopic (exact) mass is 310 g/mol. The lowest BCUT2D eigenvalue weighted by Gasteiger charge is -2.28. The number of benzene rings is 2. The molecule has 1 unspecified atom stereocenters. The van der Waals surface area contributed by atoms with Crippen LogP contribution >= 0.6 is 0 Å². The summed E-state index contributed by atoms with van der Waals surface area (Å²) >= 11 is 0. The van der Waals surface area contributed by atoms with E-state index >= 15 is 0 Å². The number of carbonyl (C=O) groups excluding carboxylic acids is 2. The summed E-state index contributed by atoms with van der Waals surface area (Å²) in [7, 11) is 0. The summed E-state index contributed by atoms with van der Waals surface area (Å²) in [5.41, 5.74) is 2.32. The highest BCUT2D eigenvalue weighted by Crippen LogP contribution is 2.32. The first-order valence-corrected chi connectivity index (χ1v) is 7.35. The Bertz CT molecular complexity index is 831. The van der Waals surface area contributed by atoms with E-state index < -0.39 is 5.91 Å². The maximum atomic E-state index is 11.9. The van der Waals surface area contributed by atoms with Crippen molar-refractivity contribution in [2.45, 2.75) is 19.1 Å². The first kappa shape index (κ1) is 13.6. The van der Waals surface area contributed by atoms with Gasteiger partial charge in [-0.3, -0.25) is 14.9 Å². The Kier molecular flexibility index (Phi) is 2.97. The molecule has 0 bridgehead atoms. The molecule has 0 saturated heterocycles. The third-order valence-corrected chi connectivity index (χ3v) is 4.08. The number of nitrogens with one attached hydrogen (secondary N) is 2. The molecule has 4 rings (SSSR count). The van der Waals surface area contributed by atoms with Gasteiger partial charge in [-0.05, 0) is 30.2 Å². The Morgan fingerprint density at radius 3 is 2.91 bits per heavy atom. The van der Waals surface area contributed by atoms with E-state index in [1.807, 2.05) is 6.07 Å². The number of hydrogen-bond donors (Lipinski definition) is 3. The van der Waals surface area contributed by atoms with Crippen LogP contribution in [0.4, 0.5) is 5.69 Å². The van der Waals surface area contributed by atoms with Crippen molar-refractivity contribution in [2.75, 3.05) is 5.32 Å². The quantitative estimate of drug-likeness (QED) is 0.739. The largest absolute Gasteiger partial charge is 0.508 e. The molecule has 2 heterocycles. The molecular formula is C17H14N2O4. The molecule has 0 radical (unpaired) electrons. The van der Waals surface area contributed by atoms with Crippen molar-refractivity contribution in [3.8, 4) is 11.5 Å². The van der Waals surface area contributed by atoms with E-state index in [0.29, 0.717) is 22.6 Å². The average molecular weight is 310 g/mol. The second-order valence-corrected chi connectivity index (χ2v) is 5.59. The number of aryl methyl sites for hydroxylation is 1. The van der Waals surface area contributed by atoms with Gasteiger partial charge in [0.25, 0.3) is 11.8 Å². The fourth-order valence-electron chi connectivity index (χ4n) is 2.97. The summed E-state index contributed by atoms with van der Waals surface area (Å²) in [4.78, 5) is 23.6. The topological polar surface area (TPSA) is 87.7 Å². The summed E-state index contributed by atoms with van der Waals surface area (Å²) in [5.74, 6) is -0.00716. The lowest BCUT2D eigenvalue weighted by Crippen LogP contribution is -2.31. The Labute approximate surface area is 132 Å². The fraction of sp³-hybridized carbons (Fsp3) is 0.176. The number of fused-ring (bicyclic) bond motifs is 2. The minimum atomic E-state index is -0.401. The van der Waals surface area contributed by atoms with Crippen LogP contribution in [0.5, 0.6) is 11.5 Å². The van der Waals surface area contributed by atoms with Gasteiger partial charge >= 0.3 is 0 Å². The van der Waals surface area contributed by atoms with Crippen LogP contribution in [0.15, 0.2) is 36.4 Å². The highest BCUT2D eigenvalue weighted by molar-refractivity contribution is 6.23. The lowest BCUT2D eigenvalue weighted by atomic mass is 10.0. The maximum Gasteiger partial charge on any atom is 0.261 e. The Morgan fingerprint density at radius 1 is 1.17 bits per heavy atom. The van der Waals surface area contributed by atoms with Gasteiger partial charge in [0.1, 0.15) is 11.5 Å². The number of ether oxygens (including phenoxy) is 1. The summed E-state index contributed by atoms with van der Waals surface area (Å²) in [5, 5.41) is 15.0. The lowest BCUT2D eigenvalue weighted by molar-refractivity contribution is 0.0880. The van der Waals surface area contributed by atoms with Crippen LogP contribution in [0.3, 0.4) is 0 Å². The molecule has 0 fully saturated rings. The standard InChI is InChI=1S/C17H14N2O4/c20-10-6-4-9-5-7-14(23-13(9)8-10)18-12-3-1-2-11-15(12)17(22)19-16(11)21/h1-4,6,8,14,18,20H,5,7H2,(H,19,21,22). The number of phenolic OH excluding ortho intramolecular Hbond substituents is 1. The molecule has 0 spiro atoms. The molecule has 0 aliphatic carbocycles. The van der Waals surface area contributed by atoms with Crippen LogP contribution in [0, 0.1) is 0 Å². The maximum absolute atomic E-state index is 11.9. The molecular weight excluding hydrogens is 296 g/mol. The van der Waals surface area contributed by atoms with Gasteiger partial charge < -0.3 is 15.2 Å². The molecule has 2 aliphatic rings. The van der Waals surface area contributed by atoms with Crippen LogP contribution in [-0.2, 0) is 6.42 Å². The minimum Gasteiger partial charge on any atom is -0.508 e. The van der Waals surface area contributed by atoms with Crippen molar-refractivity contribution in [3.05, 3.63) is 53.1 Å². The number of rotatable bonds is 2. The van der Waals surface area contributed by atoms with Crippen LogP contribution in [0.2, 0.25) is 0 Å². The highest BCUT2D eigenvalue weighted by Gasteiger charge is 2.30. The van der Waals surface area contributed by atoms with Crippen molar-refractivity contribution in [1.82, 2.24) is 5.32 Å². The summed E-state index contributed by atoms with van der Waals surface area (Å²) in [6.07, 6.45) is 1.18. The van der Waals surface area contributed by atoms with Gasteiger partial charge in [0, 0.05) is 12.5 Å². The fourth-order valence-corrected chi connectivity index (χ4v) is 2.97.